The minimum absolute atomic E-state index is 0.0939. The molecule has 7 nitrogen and oxygen atoms in total. The Hall–Kier alpha value is -3.43. The first kappa shape index (κ1) is 21.3. The van der Waals surface area contributed by atoms with Crippen LogP contribution in [0.15, 0.2) is 41.7 Å². The summed E-state index contributed by atoms with van der Waals surface area (Å²) in [5, 5.41) is 5.32. The SMILES string of the molecule is CCC1=C(C)CN(NC(=O)/C=C\n2cnc(-c3cc(C)cc(C(F)(F)F)c3)n2)C1=O. The van der Waals surface area contributed by atoms with E-state index in [9.17, 15) is 22.8 Å². The fourth-order valence-corrected chi connectivity index (χ4v) is 3.16. The molecule has 0 aliphatic carbocycles. The van der Waals surface area contributed by atoms with Crippen LogP contribution in [0, 0.1) is 6.92 Å². The minimum atomic E-state index is -4.47. The molecule has 3 rings (SSSR count). The van der Waals surface area contributed by atoms with Crippen molar-refractivity contribution in [3.63, 3.8) is 0 Å². The number of benzene rings is 1. The van der Waals surface area contributed by atoms with Gasteiger partial charge in [-0.15, -0.1) is 5.10 Å². The van der Waals surface area contributed by atoms with Gasteiger partial charge in [0.1, 0.15) is 6.33 Å². The van der Waals surface area contributed by atoms with Gasteiger partial charge in [-0.2, -0.15) is 13.2 Å². The van der Waals surface area contributed by atoms with Crippen molar-refractivity contribution in [3.8, 4) is 11.4 Å². The lowest BCUT2D eigenvalue weighted by molar-refractivity contribution is -0.137. The molecular formula is C20H20F3N5O2. The molecule has 0 unspecified atom stereocenters. The number of aromatic nitrogens is 3. The van der Waals surface area contributed by atoms with Gasteiger partial charge in [-0.05, 0) is 49.6 Å². The summed E-state index contributed by atoms with van der Waals surface area (Å²) in [5.41, 5.74) is 3.94. The number of hydrazine groups is 1. The first-order chi connectivity index (χ1) is 14.1. The van der Waals surface area contributed by atoms with E-state index in [1.54, 1.807) is 13.0 Å². The molecule has 0 atom stereocenters. The standard InChI is InChI=1S/C20H20F3N5O2/c1-4-16-13(3)10-28(19(16)30)25-17(29)5-6-27-11-24-18(26-27)14-7-12(2)8-15(9-14)20(21,22)23/h5-9,11H,4,10H2,1-3H3,(H,25,29)/b6-5-. The number of halogens is 3. The molecule has 2 heterocycles. The van der Waals surface area contributed by atoms with Crippen LogP contribution in [-0.2, 0) is 15.8 Å². The molecule has 0 spiro atoms. The number of hydrogen-bond acceptors (Lipinski definition) is 4. The Balaban J connectivity index is 1.69. The Bertz CT molecular complexity index is 1050. The first-order valence-electron chi connectivity index (χ1n) is 9.18. The lowest BCUT2D eigenvalue weighted by Crippen LogP contribution is -2.43. The normalized spacial score (nSPS) is 14.9. The Morgan fingerprint density at radius 3 is 2.63 bits per heavy atom. The maximum Gasteiger partial charge on any atom is 0.416 e. The Morgan fingerprint density at radius 1 is 1.27 bits per heavy atom. The minimum Gasteiger partial charge on any atom is -0.268 e. The van der Waals surface area contributed by atoms with Crippen molar-refractivity contribution < 1.29 is 22.8 Å². The van der Waals surface area contributed by atoms with Gasteiger partial charge in [0.25, 0.3) is 11.8 Å². The largest absolute Gasteiger partial charge is 0.416 e. The van der Waals surface area contributed by atoms with Crippen molar-refractivity contribution in [2.45, 2.75) is 33.4 Å². The average molecular weight is 419 g/mol. The van der Waals surface area contributed by atoms with Gasteiger partial charge in [-0.3, -0.25) is 15.0 Å². The van der Waals surface area contributed by atoms with Crippen LogP contribution in [0.3, 0.4) is 0 Å². The smallest absolute Gasteiger partial charge is 0.268 e. The van der Waals surface area contributed by atoms with E-state index in [0.29, 0.717) is 24.1 Å². The van der Waals surface area contributed by atoms with Crippen LogP contribution < -0.4 is 5.43 Å². The zero-order valence-corrected chi connectivity index (χ0v) is 16.6. The molecule has 1 aliphatic heterocycles. The number of amides is 2. The molecular weight excluding hydrogens is 399 g/mol. The fourth-order valence-electron chi connectivity index (χ4n) is 3.16. The Kier molecular flexibility index (Phi) is 5.77. The Morgan fingerprint density at radius 2 is 2.00 bits per heavy atom. The molecule has 2 aromatic rings. The summed E-state index contributed by atoms with van der Waals surface area (Å²) in [7, 11) is 0. The van der Waals surface area contributed by atoms with Gasteiger partial charge in [0.15, 0.2) is 5.82 Å². The van der Waals surface area contributed by atoms with Crippen LogP contribution in [0.4, 0.5) is 13.2 Å². The maximum absolute atomic E-state index is 13.0. The van der Waals surface area contributed by atoms with Crippen molar-refractivity contribution in [2.75, 3.05) is 6.54 Å². The number of nitrogens with zero attached hydrogens (tertiary/aromatic N) is 4. The summed E-state index contributed by atoms with van der Waals surface area (Å²) in [6.45, 7) is 5.59. The van der Waals surface area contributed by atoms with E-state index in [2.05, 4.69) is 15.5 Å². The monoisotopic (exact) mass is 419 g/mol. The van der Waals surface area contributed by atoms with E-state index < -0.39 is 17.6 Å². The lowest BCUT2D eigenvalue weighted by Gasteiger charge is -2.16. The number of hydrogen-bond donors (Lipinski definition) is 1. The molecule has 0 fully saturated rings. The lowest BCUT2D eigenvalue weighted by atomic mass is 10.1. The van der Waals surface area contributed by atoms with Gasteiger partial charge in [-0.1, -0.05) is 6.92 Å². The van der Waals surface area contributed by atoms with Crippen molar-refractivity contribution in [2.24, 2.45) is 0 Å². The fraction of sp³-hybridized carbons (Fsp3) is 0.300. The van der Waals surface area contributed by atoms with Gasteiger partial charge in [0.2, 0.25) is 0 Å². The van der Waals surface area contributed by atoms with Crippen LogP contribution in [0.2, 0.25) is 0 Å². The van der Waals surface area contributed by atoms with E-state index in [1.165, 1.54) is 22.2 Å². The highest BCUT2D eigenvalue weighted by Crippen LogP contribution is 2.32. The van der Waals surface area contributed by atoms with Crippen LogP contribution in [-0.4, -0.2) is 38.1 Å². The number of alkyl halides is 3. The Labute approximate surface area is 170 Å². The van der Waals surface area contributed by atoms with Gasteiger partial charge in [-0.25, -0.2) is 14.7 Å². The third-order valence-corrected chi connectivity index (χ3v) is 4.56. The highest BCUT2D eigenvalue weighted by Gasteiger charge is 2.31. The number of carbonyl (C=O) groups excluding carboxylic acids is 2. The zero-order chi connectivity index (χ0) is 22.1. The van der Waals surface area contributed by atoms with Gasteiger partial charge < -0.3 is 0 Å². The van der Waals surface area contributed by atoms with Gasteiger partial charge in [0.05, 0.1) is 12.1 Å². The average Bonchev–Trinajstić information content (AvgIpc) is 3.23. The molecule has 1 aromatic heterocycles. The molecule has 158 valence electrons. The van der Waals surface area contributed by atoms with Crippen molar-refractivity contribution >= 4 is 18.0 Å². The molecule has 0 saturated heterocycles. The molecule has 10 heteroatoms. The predicted molar refractivity (Wildman–Crippen MR) is 103 cm³/mol. The van der Waals surface area contributed by atoms with Crippen molar-refractivity contribution in [1.82, 2.24) is 25.2 Å². The highest BCUT2D eigenvalue weighted by molar-refractivity contribution is 5.99. The molecule has 0 radical (unpaired) electrons. The number of aryl methyl sites for hydroxylation is 1. The molecule has 1 N–H and O–H groups in total. The van der Waals surface area contributed by atoms with Crippen LogP contribution in [0.5, 0.6) is 0 Å². The second-order valence-electron chi connectivity index (χ2n) is 6.93. The summed E-state index contributed by atoms with van der Waals surface area (Å²) >= 11 is 0. The van der Waals surface area contributed by atoms with Gasteiger partial charge >= 0.3 is 6.18 Å². The molecule has 1 aliphatic rings. The molecule has 2 amide bonds. The maximum atomic E-state index is 13.0. The second kappa shape index (κ2) is 8.13. The number of carbonyl (C=O) groups is 2. The first-order valence-corrected chi connectivity index (χ1v) is 9.18. The van der Waals surface area contributed by atoms with E-state index in [1.807, 2.05) is 13.8 Å². The summed E-state index contributed by atoms with van der Waals surface area (Å²) < 4.78 is 40.2. The number of nitrogens with one attached hydrogen (secondary N) is 1. The number of rotatable bonds is 5. The summed E-state index contributed by atoms with van der Waals surface area (Å²) in [4.78, 5) is 28.3. The van der Waals surface area contributed by atoms with Crippen molar-refractivity contribution in [1.29, 1.82) is 0 Å². The molecule has 1 aromatic carbocycles. The predicted octanol–water partition coefficient (Wildman–Crippen LogP) is 3.34. The summed E-state index contributed by atoms with van der Waals surface area (Å²) in [6, 6.07) is 3.57. The molecule has 30 heavy (non-hydrogen) atoms. The van der Waals surface area contributed by atoms with Crippen LogP contribution in [0.25, 0.3) is 17.6 Å². The van der Waals surface area contributed by atoms with Crippen LogP contribution >= 0.6 is 0 Å². The van der Waals surface area contributed by atoms with E-state index >= 15 is 0 Å². The molecule has 0 bridgehead atoms. The second-order valence-corrected chi connectivity index (χ2v) is 6.93. The topological polar surface area (TPSA) is 80.1 Å². The van der Waals surface area contributed by atoms with E-state index in [0.717, 1.165) is 23.8 Å². The highest BCUT2D eigenvalue weighted by atomic mass is 19.4. The summed E-state index contributed by atoms with van der Waals surface area (Å²) in [6.07, 6.45) is -0.157. The van der Waals surface area contributed by atoms with E-state index in [4.69, 9.17) is 0 Å². The molecule has 0 saturated carbocycles. The zero-order valence-electron chi connectivity index (χ0n) is 16.6. The summed E-state index contributed by atoms with van der Waals surface area (Å²) in [5.74, 6) is -0.684. The van der Waals surface area contributed by atoms with Gasteiger partial charge in [0, 0.05) is 23.4 Å². The third-order valence-electron chi connectivity index (χ3n) is 4.56. The third kappa shape index (κ3) is 4.58. The quantitative estimate of drug-likeness (QED) is 0.754. The van der Waals surface area contributed by atoms with Crippen LogP contribution in [0.1, 0.15) is 31.4 Å². The van der Waals surface area contributed by atoms with Crippen molar-refractivity contribution in [3.05, 3.63) is 52.9 Å². The van der Waals surface area contributed by atoms with E-state index in [-0.39, 0.29) is 17.3 Å².